The van der Waals surface area contributed by atoms with Crippen molar-refractivity contribution in [1.29, 1.82) is 0 Å². The zero-order valence-corrected chi connectivity index (χ0v) is 11.3. The van der Waals surface area contributed by atoms with Gasteiger partial charge >= 0.3 is 5.97 Å². The van der Waals surface area contributed by atoms with Gasteiger partial charge in [0.2, 0.25) is 0 Å². The molecule has 0 amide bonds. The number of carboxylic acid groups (broad SMARTS) is 1. The van der Waals surface area contributed by atoms with E-state index in [9.17, 15) is 9.90 Å². The van der Waals surface area contributed by atoms with E-state index in [1.54, 1.807) is 0 Å². The van der Waals surface area contributed by atoms with E-state index in [0.29, 0.717) is 11.4 Å². The van der Waals surface area contributed by atoms with Crippen LogP contribution < -0.4 is 4.90 Å². The molecule has 1 aromatic rings. The molecule has 2 saturated heterocycles. The second kappa shape index (κ2) is 4.45. The van der Waals surface area contributed by atoms with Gasteiger partial charge in [-0.25, -0.2) is 9.78 Å². The number of aryl methyl sites for hydroxylation is 2. The topological polar surface area (TPSA) is 62.7 Å². The predicted octanol–water partition coefficient (Wildman–Crippen LogP) is 1.64. The molecule has 3 aliphatic rings. The van der Waals surface area contributed by atoms with E-state index in [4.69, 9.17) is 4.74 Å². The van der Waals surface area contributed by atoms with E-state index in [0.717, 1.165) is 56.5 Å². The maximum absolute atomic E-state index is 11.5. The summed E-state index contributed by atoms with van der Waals surface area (Å²) in [6, 6.07) is 1.84. The Bertz CT molecular complexity index is 560. The number of aromatic nitrogens is 1. The number of hydrogen-bond donors (Lipinski definition) is 1. The van der Waals surface area contributed by atoms with Crippen LogP contribution in [0.2, 0.25) is 0 Å². The second-order valence-corrected chi connectivity index (χ2v) is 5.99. The maximum atomic E-state index is 11.5. The van der Waals surface area contributed by atoms with Crippen molar-refractivity contribution < 1.29 is 14.6 Å². The van der Waals surface area contributed by atoms with E-state index in [2.05, 4.69) is 9.88 Å². The fraction of sp³-hybridized carbons (Fsp3) is 0.600. The molecule has 0 aromatic carbocycles. The van der Waals surface area contributed by atoms with E-state index >= 15 is 0 Å². The molecule has 2 fully saturated rings. The average molecular weight is 274 g/mol. The van der Waals surface area contributed by atoms with Gasteiger partial charge in [0, 0.05) is 18.8 Å². The molecule has 0 saturated carbocycles. The van der Waals surface area contributed by atoms with Crippen LogP contribution in [0, 0.1) is 0 Å². The molecular formula is C15H18N2O3. The van der Waals surface area contributed by atoms with Gasteiger partial charge in [-0.2, -0.15) is 0 Å². The Morgan fingerprint density at radius 1 is 1.30 bits per heavy atom. The largest absolute Gasteiger partial charge is 0.478 e. The molecule has 2 bridgehead atoms. The molecule has 5 nitrogen and oxygen atoms in total. The summed E-state index contributed by atoms with van der Waals surface area (Å²) in [4.78, 5) is 18.3. The first-order valence-electron chi connectivity index (χ1n) is 7.37. The average Bonchev–Trinajstić information content (AvgIpc) is 3.03. The predicted molar refractivity (Wildman–Crippen MR) is 73.3 cm³/mol. The van der Waals surface area contributed by atoms with Crippen LogP contribution in [-0.4, -0.2) is 41.4 Å². The van der Waals surface area contributed by atoms with Crippen LogP contribution in [-0.2, 0) is 17.6 Å². The number of ether oxygens (including phenoxy) is 1. The number of rotatable bonds is 2. The van der Waals surface area contributed by atoms with Gasteiger partial charge in [0.05, 0.1) is 12.2 Å². The lowest BCUT2D eigenvalue weighted by atomic mass is 10.1. The molecule has 0 spiro atoms. The summed E-state index contributed by atoms with van der Waals surface area (Å²) in [6.45, 7) is 1.53. The van der Waals surface area contributed by atoms with Crippen LogP contribution in [0.25, 0.3) is 0 Å². The number of anilines is 1. The molecule has 106 valence electrons. The Labute approximate surface area is 117 Å². The third-order valence-corrected chi connectivity index (χ3v) is 4.60. The van der Waals surface area contributed by atoms with Gasteiger partial charge in [-0.3, -0.25) is 0 Å². The van der Waals surface area contributed by atoms with Crippen molar-refractivity contribution in [3.8, 4) is 0 Å². The molecular weight excluding hydrogens is 256 g/mol. The van der Waals surface area contributed by atoms with Crippen LogP contribution in [0.1, 0.15) is 40.9 Å². The molecule has 0 radical (unpaired) electrons. The summed E-state index contributed by atoms with van der Waals surface area (Å²) < 4.78 is 5.83. The zero-order valence-electron chi connectivity index (χ0n) is 11.3. The minimum atomic E-state index is -0.874. The molecule has 2 aliphatic heterocycles. The van der Waals surface area contributed by atoms with E-state index in [1.165, 1.54) is 0 Å². The lowest BCUT2D eigenvalue weighted by Crippen LogP contribution is -2.43. The fourth-order valence-corrected chi connectivity index (χ4v) is 3.65. The Hall–Kier alpha value is -1.62. The van der Waals surface area contributed by atoms with Crippen LogP contribution in [0.5, 0.6) is 0 Å². The number of carbonyl (C=O) groups is 1. The van der Waals surface area contributed by atoms with Gasteiger partial charge in [-0.1, -0.05) is 0 Å². The SMILES string of the molecule is O=C(O)c1cc2c(nc1N1CC3CCC(C1)O3)CCC2. The number of aromatic carboxylic acids is 1. The van der Waals surface area contributed by atoms with Crippen molar-refractivity contribution >= 4 is 11.8 Å². The van der Waals surface area contributed by atoms with E-state index in [-0.39, 0.29) is 12.2 Å². The second-order valence-electron chi connectivity index (χ2n) is 5.99. The fourth-order valence-electron chi connectivity index (χ4n) is 3.65. The first-order valence-corrected chi connectivity index (χ1v) is 7.37. The molecule has 1 aromatic heterocycles. The van der Waals surface area contributed by atoms with Crippen molar-refractivity contribution in [1.82, 2.24) is 4.98 Å². The smallest absolute Gasteiger partial charge is 0.339 e. The monoisotopic (exact) mass is 274 g/mol. The minimum Gasteiger partial charge on any atom is -0.478 e. The highest BCUT2D eigenvalue weighted by molar-refractivity contribution is 5.93. The van der Waals surface area contributed by atoms with Crippen molar-refractivity contribution in [3.05, 3.63) is 22.9 Å². The molecule has 2 atom stereocenters. The number of nitrogens with zero attached hydrogens (tertiary/aromatic N) is 2. The lowest BCUT2D eigenvalue weighted by Gasteiger charge is -2.34. The number of fused-ring (bicyclic) bond motifs is 3. The number of morpholine rings is 1. The third kappa shape index (κ3) is 1.88. The van der Waals surface area contributed by atoms with E-state index in [1.807, 2.05) is 6.07 Å². The van der Waals surface area contributed by atoms with Crippen molar-refractivity contribution in [2.24, 2.45) is 0 Å². The van der Waals surface area contributed by atoms with Crippen molar-refractivity contribution in [2.45, 2.75) is 44.3 Å². The minimum absolute atomic E-state index is 0.241. The normalized spacial score (nSPS) is 27.7. The Kier molecular flexibility index (Phi) is 2.70. The van der Waals surface area contributed by atoms with E-state index < -0.39 is 5.97 Å². The highest BCUT2D eigenvalue weighted by Gasteiger charge is 2.36. The maximum Gasteiger partial charge on any atom is 0.339 e. The summed E-state index contributed by atoms with van der Waals surface area (Å²) in [5.74, 6) is -0.223. The Balaban J connectivity index is 1.74. The zero-order chi connectivity index (χ0) is 13.7. The molecule has 4 rings (SSSR count). The molecule has 20 heavy (non-hydrogen) atoms. The first kappa shape index (κ1) is 12.1. The van der Waals surface area contributed by atoms with Crippen molar-refractivity contribution in [2.75, 3.05) is 18.0 Å². The van der Waals surface area contributed by atoms with Gasteiger partial charge in [-0.15, -0.1) is 0 Å². The van der Waals surface area contributed by atoms with Gasteiger partial charge in [0.25, 0.3) is 0 Å². The summed E-state index contributed by atoms with van der Waals surface area (Å²) in [5.41, 5.74) is 2.55. The Morgan fingerprint density at radius 3 is 2.75 bits per heavy atom. The summed E-state index contributed by atoms with van der Waals surface area (Å²) in [6.07, 6.45) is 5.65. The first-order chi connectivity index (χ1) is 9.70. The van der Waals surface area contributed by atoms with Crippen molar-refractivity contribution in [3.63, 3.8) is 0 Å². The van der Waals surface area contributed by atoms with Gasteiger partial charge in [-0.05, 0) is 43.7 Å². The Morgan fingerprint density at radius 2 is 2.05 bits per heavy atom. The molecule has 1 N–H and O–H groups in total. The molecule has 2 unspecified atom stereocenters. The quantitative estimate of drug-likeness (QED) is 0.888. The van der Waals surface area contributed by atoms with Crippen LogP contribution >= 0.6 is 0 Å². The van der Waals surface area contributed by atoms with Gasteiger partial charge < -0.3 is 14.7 Å². The molecule has 5 heteroatoms. The lowest BCUT2D eigenvalue weighted by molar-refractivity contribution is 0.0300. The molecule has 1 aliphatic carbocycles. The number of hydrogen-bond acceptors (Lipinski definition) is 4. The third-order valence-electron chi connectivity index (χ3n) is 4.60. The summed E-state index contributed by atoms with van der Waals surface area (Å²) >= 11 is 0. The summed E-state index contributed by atoms with van der Waals surface area (Å²) in [7, 11) is 0. The standard InChI is InChI=1S/C15H18N2O3/c18-15(19)12-6-9-2-1-3-13(9)16-14(12)17-7-10-4-5-11(8-17)20-10/h6,10-11H,1-5,7-8H2,(H,18,19). The van der Waals surface area contributed by atoms with Gasteiger partial charge in [0.15, 0.2) is 0 Å². The van der Waals surface area contributed by atoms with Crippen LogP contribution in [0.3, 0.4) is 0 Å². The van der Waals surface area contributed by atoms with Gasteiger partial charge in [0.1, 0.15) is 11.4 Å². The van der Waals surface area contributed by atoms with Crippen LogP contribution in [0.4, 0.5) is 5.82 Å². The number of carboxylic acids is 1. The molecule has 3 heterocycles. The summed E-state index contributed by atoms with van der Waals surface area (Å²) in [5, 5.41) is 9.48. The number of pyridine rings is 1. The highest BCUT2D eigenvalue weighted by Crippen LogP contribution is 2.33. The highest BCUT2D eigenvalue weighted by atomic mass is 16.5. The van der Waals surface area contributed by atoms with Crippen LogP contribution in [0.15, 0.2) is 6.07 Å².